The van der Waals surface area contributed by atoms with Crippen molar-refractivity contribution in [1.29, 1.82) is 0 Å². The van der Waals surface area contributed by atoms with Gasteiger partial charge in [0.2, 0.25) is 11.7 Å². The van der Waals surface area contributed by atoms with Crippen molar-refractivity contribution < 1.29 is 36.6 Å². The van der Waals surface area contributed by atoms with Crippen molar-refractivity contribution in [2.75, 3.05) is 5.32 Å². The highest BCUT2D eigenvalue weighted by Crippen LogP contribution is 2.27. The predicted molar refractivity (Wildman–Crippen MR) is 64.0 cm³/mol. The minimum Gasteiger partial charge on any atom is -0.478 e. The van der Waals surface area contributed by atoms with E-state index in [0.717, 1.165) is 17.1 Å². The molecule has 0 aliphatic rings. The summed E-state index contributed by atoms with van der Waals surface area (Å²) in [6.07, 6.45) is 1.86. The van der Waals surface area contributed by atoms with E-state index in [1.54, 1.807) is 0 Å². The zero-order valence-corrected chi connectivity index (χ0v) is 10.9. The number of amides is 1. The van der Waals surface area contributed by atoms with Crippen molar-refractivity contribution in [1.82, 2.24) is 9.78 Å². The first kappa shape index (κ1) is 16.4. The Balaban J connectivity index is 2.22. The molecule has 6 nitrogen and oxygen atoms in total. The molecule has 1 amide bonds. The number of rotatable bonds is 4. The number of carbonyl (C=O) groups is 2. The maximum absolute atomic E-state index is 13.4. The minimum absolute atomic E-state index is 0.256. The summed E-state index contributed by atoms with van der Waals surface area (Å²) in [6.45, 7) is -0.702. The topological polar surface area (TPSA) is 84.2 Å². The summed E-state index contributed by atoms with van der Waals surface area (Å²) in [5, 5.41) is 13.7. The molecule has 1 heterocycles. The summed E-state index contributed by atoms with van der Waals surface area (Å²) >= 11 is 0. The molecule has 0 radical (unpaired) electrons. The van der Waals surface area contributed by atoms with Crippen LogP contribution in [0.25, 0.3) is 0 Å². The Morgan fingerprint density at radius 3 is 2.04 bits per heavy atom. The van der Waals surface area contributed by atoms with Gasteiger partial charge in [-0.3, -0.25) is 9.48 Å². The van der Waals surface area contributed by atoms with Crippen LogP contribution in [0.15, 0.2) is 12.4 Å². The molecule has 0 bridgehead atoms. The number of carboxylic acid groups (broad SMARTS) is 1. The molecule has 0 unspecified atom stereocenters. The van der Waals surface area contributed by atoms with Gasteiger partial charge in [-0.15, -0.1) is 0 Å². The van der Waals surface area contributed by atoms with E-state index in [4.69, 9.17) is 5.11 Å². The van der Waals surface area contributed by atoms with Crippen LogP contribution in [0, 0.1) is 29.1 Å². The Bertz CT molecular complexity index is 776. The number of nitrogens with one attached hydrogen (secondary N) is 1. The van der Waals surface area contributed by atoms with E-state index < -0.39 is 53.2 Å². The highest BCUT2D eigenvalue weighted by Gasteiger charge is 2.26. The molecule has 23 heavy (non-hydrogen) atoms. The third-order valence-corrected chi connectivity index (χ3v) is 2.66. The van der Waals surface area contributed by atoms with Crippen molar-refractivity contribution >= 4 is 17.6 Å². The zero-order valence-electron chi connectivity index (χ0n) is 10.9. The van der Waals surface area contributed by atoms with Crippen LogP contribution in [-0.2, 0) is 11.3 Å². The van der Waals surface area contributed by atoms with E-state index in [2.05, 4.69) is 5.10 Å². The third-order valence-electron chi connectivity index (χ3n) is 2.66. The average Bonchev–Trinajstić information content (AvgIpc) is 2.96. The summed E-state index contributed by atoms with van der Waals surface area (Å²) < 4.78 is 66.4. The summed E-state index contributed by atoms with van der Waals surface area (Å²) in [4.78, 5) is 22.2. The van der Waals surface area contributed by atoms with Crippen LogP contribution in [0.1, 0.15) is 10.4 Å². The van der Waals surface area contributed by atoms with E-state index >= 15 is 0 Å². The number of carbonyl (C=O) groups excluding carboxylic acids is 1. The molecule has 0 fully saturated rings. The van der Waals surface area contributed by atoms with Gasteiger partial charge in [0.05, 0.1) is 11.8 Å². The second kappa shape index (κ2) is 6.02. The second-order valence-corrected chi connectivity index (χ2v) is 4.22. The number of aromatic carboxylic acids is 1. The highest BCUT2D eigenvalue weighted by molar-refractivity contribution is 5.91. The van der Waals surface area contributed by atoms with Crippen LogP contribution in [0.3, 0.4) is 0 Å². The van der Waals surface area contributed by atoms with Crippen LogP contribution >= 0.6 is 0 Å². The van der Waals surface area contributed by atoms with Gasteiger partial charge >= 0.3 is 5.97 Å². The van der Waals surface area contributed by atoms with Crippen molar-refractivity contribution in [3.8, 4) is 0 Å². The van der Waals surface area contributed by atoms with Gasteiger partial charge in [-0.1, -0.05) is 0 Å². The first-order valence-electron chi connectivity index (χ1n) is 5.79. The number of halogens is 5. The van der Waals surface area contributed by atoms with Gasteiger partial charge in [0, 0.05) is 6.20 Å². The highest BCUT2D eigenvalue weighted by atomic mass is 19.2. The van der Waals surface area contributed by atoms with Crippen molar-refractivity contribution in [3.05, 3.63) is 47.0 Å². The summed E-state index contributed by atoms with van der Waals surface area (Å²) in [7, 11) is 0. The molecule has 1 aromatic carbocycles. The summed E-state index contributed by atoms with van der Waals surface area (Å²) in [5.74, 6) is -13.6. The standard InChI is InChI=1S/C12H6F5N3O3/c13-6-7(14)9(16)11(10(17)8(6)15)19-5(21)3-20-2-4(1-18-20)12(22)23/h1-2H,3H2,(H,19,21)(H,22,23). The van der Waals surface area contributed by atoms with E-state index in [1.165, 1.54) is 5.32 Å². The lowest BCUT2D eigenvalue weighted by Crippen LogP contribution is -2.21. The predicted octanol–water partition coefficient (Wildman–Crippen LogP) is 1.92. The zero-order chi connectivity index (χ0) is 17.3. The number of carboxylic acids is 1. The Labute approximate surface area is 124 Å². The molecular weight excluding hydrogens is 329 g/mol. The fourth-order valence-electron chi connectivity index (χ4n) is 1.60. The Kier molecular flexibility index (Phi) is 4.29. The number of benzene rings is 1. The van der Waals surface area contributed by atoms with E-state index in [-0.39, 0.29) is 5.56 Å². The monoisotopic (exact) mass is 335 g/mol. The van der Waals surface area contributed by atoms with Crippen LogP contribution < -0.4 is 5.32 Å². The van der Waals surface area contributed by atoms with E-state index in [9.17, 15) is 31.5 Å². The van der Waals surface area contributed by atoms with Gasteiger partial charge in [-0.05, 0) is 0 Å². The van der Waals surface area contributed by atoms with Gasteiger partial charge in [0.1, 0.15) is 12.2 Å². The SMILES string of the molecule is O=C(Cn1cc(C(=O)O)cn1)Nc1c(F)c(F)c(F)c(F)c1F. The van der Waals surface area contributed by atoms with Gasteiger partial charge in [-0.2, -0.15) is 5.10 Å². The van der Waals surface area contributed by atoms with Crippen molar-refractivity contribution in [3.63, 3.8) is 0 Å². The maximum atomic E-state index is 13.4. The van der Waals surface area contributed by atoms with Crippen molar-refractivity contribution in [2.24, 2.45) is 0 Å². The molecule has 0 saturated heterocycles. The number of anilines is 1. The fraction of sp³-hybridized carbons (Fsp3) is 0.0833. The summed E-state index contributed by atoms with van der Waals surface area (Å²) in [5.41, 5.74) is -1.76. The second-order valence-electron chi connectivity index (χ2n) is 4.22. The number of aromatic nitrogens is 2. The normalized spacial score (nSPS) is 10.7. The van der Waals surface area contributed by atoms with Crippen molar-refractivity contribution in [2.45, 2.75) is 6.54 Å². The number of hydrogen-bond donors (Lipinski definition) is 2. The molecule has 2 N–H and O–H groups in total. The lowest BCUT2D eigenvalue weighted by atomic mass is 10.2. The molecule has 2 rings (SSSR count). The Morgan fingerprint density at radius 1 is 1.04 bits per heavy atom. The molecule has 0 saturated carbocycles. The van der Waals surface area contributed by atoms with Crippen LogP contribution in [0.5, 0.6) is 0 Å². The molecule has 2 aromatic rings. The minimum atomic E-state index is -2.35. The number of nitrogens with zero attached hydrogens (tertiary/aromatic N) is 2. The maximum Gasteiger partial charge on any atom is 0.338 e. The quantitative estimate of drug-likeness (QED) is 0.508. The lowest BCUT2D eigenvalue weighted by Gasteiger charge is -2.09. The van der Waals surface area contributed by atoms with Crippen LogP contribution in [0.2, 0.25) is 0 Å². The molecule has 1 aromatic heterocycles. The first-order valence-corrected chi connectivity index (χ1v) is 5.79. The largest absolute Gasteiger partial charge is 0.478 e. The third kappa shape index (κ3) is 3.12. The van der Waals surface area contributed by atoms with Gasteiger partial charge in [0.25, 0.3) is 0 Å². The summed E-state index contributed by atoms with van der Waals surface area (Å²) in [6, 6.07) is 0. The molecule has 11 heteroatoms. The first-order chi connectivity index (χ1) is 10.7. The van der Waals surface area contributed by atoms with E-state index in [1.807, 2.05) is 0 Å². The molecule has 0 spiro atoms. The van der Waals surface area contributed by atoms with E-state index in [0.29, 0.717) is 0 Å². The van der Waals surface area contributed by atoms with Crippen LogP contribution in [0.4, 0.5) is 27.6 Å². The lowest BCUT2D eigenvalue weighted by molar-refractivity contribution is -0.117. The average molecular weight is 335 g/mol. The molecule has 122 valence electrons. The van der Waals surface area contributed by atoms with Gasteiger partial charge in [-0.25, -0.2) is 26.7 Å². The fourth-order valence-corrected chi connectivity index (χ4v) is 1.60. The number of hydrogen-bond acceptors (Lipinski definition) is 3. The molecule has 0 atom stereocenters. The smallest absolute Gasteiger partial charge is 0.338 e. The molecule has 0 aliphatic heterocycles. The van der Waals surface area contributed by atoms with Gasteiger partial charge in [0.15, 0.2) is 23.3 Å². The van der Waals surface area contributed by atoms with Gasteiger partial charge < -0.3 is 10.4 Å². The molecule has 0 aliphatic carbocycles. The Morgan fingerprint density at radius 2 is 1.57 bits per heavy atom. The molecular formula is C12H6F5N3O3. The van der Waals surface area contributed by atoms with Crippen LogP contribution in [-0.4, -0.2) is 26.8 Å². The Hall–Kier alpha value is -2.98.